The second kappa shape index (κ2) is 6.76. The van der Waals surface area contributed by atoms with Gasteiger partial charge in [-0.1, -0.05) is 6.07 Å². The molecule has 3 nitrogen and oxygen atoms in total. The topological polar surface area (TPSA) is 30.5 Å². The van der Waals surface area contributed by atoms with Gasteiger partial charge in [-0.3, -0.25) is 0 Å². The summed E-state index contributed by atoms with van der Waals surface area (Å²) in [6.07, 6.45) is 5.79. The number of hydrogen-bond donors (Lipinski definition) is 1. The molecule has 0 aliphatic heterocycles. The molecule has 0 spiro atoms. The molecule has 1 N–H and O–H groups in total. The Bertz CT molecular complexity index is 369. The maximum Gasteiger partial charge on any atom is 0.127 e. The predicted octanol–water partition coefficient (Wildman–Crippen LogP) is 1.82. The fourth-order valence-electron chi connectivity index (χ4n) is 1.35. The molecule has 0 saturated carbocycles. The quantitative estimate of drug-likeness (QED) is 0.584. The van der Waals surface area contributed by atoms with Crippen LogP contribution in [0.3, 0.4) is 0 Å². The minimum Gasteiger partial charge on any atom is -0.497 e. The van der Waals surface area contributed by atoms with Crippen molar-refractivity contribution in [3.8, 4) is 23.8 Å². The molecule has 0 unspecified atom stereocenters. The van der Waals surface area contributed by atoms with Gasteiger partial charge in [-0.05, 0) is 13.1 Å². The van der Waals surface area contributed by atoms with Gasteiger partial charge in [-0.2, -0.15) is 0 Å². The molecule has 1 aromatic carbocycles. The third kappa shape index (κ3) is 3.48. The largest absolute Gasteiger partial charge is 0.497 e. The number of nitrogens with one attached hydrogen (secondary N) is 1. The number of ether oxygens (including phenoxy) is 2. The Morgan fingerprint density at radius 2 is 2.25 bits per heavy atom. The van der Waals surface area contributed by atoms with E-state index in [1.54, 1.807) is 7.11 Å². The van der Waals surface area contributed by atoms with Gasteiger partial charge in [0.15, 0.2) is 0 Å². The van der Waals surface area contributed by atoms with Gasteiger partial charge in [0.2, 0.25) is 0 Å². The molecule has 0 atom stereocenters. The molecule has 0 fully saturated rings. The van der Waals surface area contributed by atoms with E-state index in [1.165, 1.54) is 0 Å². The van der Waals surface area contributed by atoms with Gasteiger partial charge in [0.05, 0.1) is 13.7 Å². The van der Waals surface area contributed by atoms with Crippen LogP contribution in [-0.2, 0) is 6.54 Å². The molecular weight excluding hydrogens is 202 g/mol. The Labute approximate surface area is 96.8 Å². The molecule has 1 aromatic rings. The van der Waals surface area contributed by atoms with Crippen LogP contribution in [0.15, 0.2) is 18.2 Å². The second-order valence-corrected chi connectivity index (χ2v) is 3.31. The maximum absolute atomic E-state index is 5.61. The smallest absolute Gasteiger partial charge is 0.127 e. The van der Waals surface area contributed by atoms with E-state index < -0.39 is 0 Å². The minimum atomic E-state index is 0.528. The van der Waals surface area contributed by atoms with Gasteiger partial charge in [0.25, 0.3) is 0 Å². The average Bonchev–Trinajstić information content (AvgIpc) is 2.31. The number of rotatable bonds is 6. The van der Waals surface area contributed by atoms with Gasteiger partial charge < -0.3 is 14.8 Å². The van der Waals surface area contributed by atoms with Crippen molar-refractivity contribution >= 4 is 0 Å². The Hall–Kier alpha value is -1.66. The van der Waals surface area contributed by atoms with Crippen molar-refractivity contribution in [2.45, 2.75) is 13.0 Å². The zero-order valence-corrected chi connectivity index (χ0v) is 9.75. The first-order chi connectivity index (χ1) is 7.81. The van der Waals surface area contributed by atoms with E-state index in [1.807, 2.05) is 25.2 Å². The summed E-state index contributed by atoms with van der Waals surface area (Å²) >= 11 is 0. The first kappa shape index (κ1) is 12.4. The highest BCUT2D eigenvalue weighted by Gasteiger charge is 2.04. The van der Waals surface area contributed by atoms with Crippen molar-refractivity contribution in [3.63, 3.8) is 0 Å². The van der Waals surface area contributed by atoms with Gasteiger partial charge in [-0.15, -0.1) is 12.3 Å². The molecule has 0 radical (unpaired) electrons. The summed E-state index contributed by atoms with van der Waals surface area (Å²) in [5.74, 6) is 4.16. The third-order valence-corrected chi connectivity index (χ3v) is 2.15. The monoisotopic (exact) mass is 219 g/mol. The predicted molar refractivity (Wildman–Crippen MR) is 64.7 cm³/mol. The fourth-order valence-corrected chi connectivity index (χ4v) is 1.35. The summed E-state index contributed by atoms with van der Waals surface area (Å²) in [5, 5.41) is 3.09. The number of benzene rings is 1. The lowest BCUT2D eigenvalue weighted by Gasteiger charge is -2.11. The minimum absolute atomic E-state index is 0.528. The summed E-state index contributed by atoms with van der Waals surface area (Å²) in [4.78, 5) is 0. The van der Waals surface area contributed by atoms with Crippen LogP contribution in [0.5, 0.6) is 11.5 Å². The van der Waals surface area contributed by atoms with Crippen molar-refractivity contribution < 1.29 is 9.47 Å². The highest BCUT2D eigenvalue weighted by atomic mass is 16.5. The van der Waals surface area contributed by atoms with Crippen LogP contribution < -0.4 is 14.8 Å². The van der Waals surface area contributed by atoms with E-state index in [0.29, 0.717) is 13.0 Å². The van der Waals surface area contributed by atoms with Crippen LogP contribution in [0, 0.1) is 12.3 Å². The van der Waals surface area contributed by atoms with Crippen LogP contribution in [0.2, 0.25) is 0 Å². The molecular formula is C13H17NO2. The molecule has 0 aliphatic carbocycles. The van der Waals surface area contributed by atoms with Crippen LogP contribution in [-0.4, -0.2) is 20.8 Å². The molecule has 0 saturated heterocycles. The summed E-state index contributed by atoms with van der Waals surface area (Å²) in [5.41, 5.74) is 1.10. The zero-order valence-electron chi connectivity index (χ0n) is 9.75. The number of terminal acetylenes is 1. The van der Waals surface area contributed by atoms with Crippen molar-refractivity contribution in [2.75, 3.05) is 20.8 Å². The van der Waals surface area contributed by atoms with Gasteiger partial charge >= 0.3 is 0 Å². The third-order valence-electron chi connectivity index (χ3n) is 2.15. The van der Waals surface area contributed by atoms with Crippen LogP contribution in [0.25, 0.3) is 0 Å². The van der Waals surface area contributed by atoms with E-state index in [0.717, 1.165) is 23.6 Å². The van der Waals surface area contributed by atoms with Crippen molar-refractivity contribution in [2.24, 2.45) is 0 Å². The molecule has 16 heavy (non-hydrogen) atoms. The normalized spacial score (nSPS) is 9.56. The Morgan fingerprint density at radius 1 is 1.44 bits per heavy atom. The Balaban J connectivity index is 2.79. The Morgan fingerprint density at radius 3 is 2.88 bits per heavy atom. The molecule has 0 aromatic heterocycles. The van der Waals surface area contributed by atoms with E-state index in [2.05, 4.69) is 11.2 Å². The lowest BCUT2D eigenvalue weighted by molar-refractivity contribution is 0.320. The summed E-state index contributed by atoms with van der Waals surface area (Å²) in [6, 6.07) is 5.78. The van der Waals surface area contributed by atoms with E-state index >= 15 is 0 Å². The van der Waals surface area contributed by atoms with Gasteiger partial charge in [-0.25, -0.2) is 0 Å². The molecule has 86 valence electrons. The maximum atomic E-state index is 5.61. The van der Waals surface area contributed by atoms with Gasteiger partial charge in [0.1, 0.15) is 11.5 Å². The van der Waals surface area contributed by atoms with Gasteiger partial charge in [0, 0.05) is 24.6 Å². The van der Waals surface area contributed by atoms with Crippen molar-refractivity contribution in [1.82, 2.24) is 5.32 Å². The first-order valence-electron chi connectivity index (χ1n) is 5.19. The SMILES string of the molecule is C#CCCOc1cc(OC)ccc1CNC. The molecule has 1 rings (SSSR count). The molecule has 0 heterocycles. The number of methoxy groups -OCH3 is 1. The van der Waals surface area contributed by atoms with E-state index in [9.17, 15) is 0 Å². The molecule has 0 bridgehead atoms. The molecule has 0 aliphatic rings. The fraction of sp³-hybridized carbons (Fsp3) is 0.385. The Kier molecular flexibility index (Phi) is 5.24. The van der Waals surface area contributed by atoms with Crippen molar-refractivity contribution in [1.29, 1.82) is 0 Å². The molecule has 0 amide bonds. The average molecular weight is 219 g/mol. The standard InChI is InChI=1S/C13H17NO2/c1-4-5-8-16-13-9-12(15-3)7-6-11(13)10-14-2/h1,6-7,9,14H,5,8,10H2,2-3H3. The van der Waals surface area contributed by atoms with Crippen LogP contribution in [0.4, 0.5) is 0 Å². The first-order valence-corrected chi connectivity index (χ1v) is 5.19. The summed E-state index contributed by atoms with van der Waals surface area (Å²) in [6.45, 7) is 1.29. The lowest BCUT2D eigenvalue weighted by atomic mass is 10.2. The lowest BCUT2D eigenvalue weighted by Crippen LogP contribution is -2.08. The molecule has 3 heteroatoms. The van der Waals surface area contributed by atoms with Crippen molar-refractivity contribution in [3.05, 3.63) is 23.8 Å². The summed E-state index contributed by atoms with van der Waals surface area (Å²) < 4.78 is 10.8. The van der Waals surface area contributed by atoms with Crippen LogP contribution >= 0.6 is 0 Å². The highest BCUT2D eigenvalue weighted by molar-refractivity contribution is 5.40. The second-order valence-electron chi connectivity index (χ2n) is 3.31. The highest BCUT2D eigenvalue weighted by Crippen LogP contribution is 2.24. The van der Waals surface area contributed by atoms with E-state index in [-0.39, 0.29) is 0 Å². The van der Waals surface area contributed by atoms with E-state index in [4.69, 9.17) is 15.9 Å². The summed E-state index contributed by atoms with van der Waals surface area (Å²) in [7, 11) is 3.54. The van der Waals surface area contributed by atoms with Crippen LogP contribution in [0.1, 0.15) is 12.0 Å². The zero-order chi connectivity index (χ0) is 11.8. The number of hydrogen-bond acceptors (Lipinski definition) is 3.